The maximum atomic E-state index is 5.88. The zero-order valence-corrected chi connectivity index (χ0v) is 13.4. The van der Waals surface area contributed by atoms with Crippen molar-refractivity contribution in [3.05, 3.63) is 23.2 Å². The van der Waals surface area contributed by atoms with Crippen molar-refractivity contribution in [2.75, 3.05) is 33.7 Å². The van der Waals surface area contributed by atoms with E-state index >= 15 is 0 Å². The molecular weight excluding hydrogens is 250 g/mol. The first kappa shape index (κ1) is 15.5. The summed E-state index contributed by atoms with van der Waals surface area (Å²) in [7, 11) is 4.20. The molecule has 1 aromatic rings. The van der Waals surface area contributed by atoms with E-state index in [0.29, 0.717) is 6.04 Å². The number of piperidine rings is 1. The van der Waals surface area contributed by atoms with Gasteiger partial charge < -0.3 is 14.6 Å². The van der Waals surface area contributed by atoms with Crippen LogP contribution in [0.2, 0.25) is 0 Å². The predicted octanol–water partition coefficient (Wildman–Crippen LogP) is 2.22. The van der Waals surface area contributed by atoms with E-state index in [4.69, 9.17) is 4.42 Å². The second-order valence-corrected chi connectivity index (χ2v) is 5.91. The Labute approximate surface area is 123 Å². The molecule has 0 spiro atoms. The summed E-state index contributed by atoms with van der Waals surface area (Å²) >= 11 is 0. The lowest BCUT2D eigenvalue weighted by atomic mass is 10.0. The molecule has 1 N–H and O–H groups in total. The number of hydrogen-bond donors (Lipinski definition) is 1. The smallest absolute Gasteiger partial charge is 0.118 e. The maximum absolute atomic E-state index is 5.88. The molecular formula is C16H29N3O. The number of likely N-dealkylation sites (tertiary alicyclic amines) is 1. The highest BCUT2D eigenvalue weighted by Crippen LogP contribution is 2.20. The average molecular weight is 279 g/mol. The van der Waals surface area contributed by atoms with Crippen LogP contribution in [0, 0.1) is 6.92 Å². The van der Waals surface area contributed by atoms with E-state index < -0.39 is 0 Å². The van der Waals surface area contributed by atoms with Gasteiger partial charge in [-0.15, -0.1) is 0 Å². The fourth-order valence-electron chi connectivity index (χ4n) is 3.08. The number of aryl methyl sites for hydroxylation is 1. The van der Waals surface area contributed by atoms with E-state index in [1.165, 1.54) is 38.0 Å². The average Bonchev–Trinajstić information content (AvgIpc) is 2.79. The summed E-state index contributed by atoms with van der Waals surface area (Å²) in [6.07, 6.45) is 2.54. The van der Waals surface area contributed by atoms with Gasteiger partial charge in [0, 0.05) is 18.2 Å². The van der Waals surface area contributed by atoms with E-state index in [9.17, 15) is 0 Å². The molecule has 2 rings (SSSR count). The van der Waals surface area contributed by atoms with Crippen LogP contribution < -0.4 is 5.32 Å². The largest absolute Gasteiger partial charge is 0.465 e. The van der Waals surface area contributed by atoms with Crippen molar-refractivity contribution in [1.29, 1.82) is 0 Å². The van der Waals surface area contributed by atoms with Gasteiger partial charge in [0.25, 0.3) is 0 Å². The van der Waals surface area contributed by atoms with Crippen molar-refractivity contribution in [1.82, 2.24) is 15.1 Å². The van der Waals surface area contributed by atoms with E-state index in [0.717, 1.165) is 24.6 Å². The molecule has 0 atom stereocenters. The van der Waals surface area contributed by atoms with Gasteiger partial charge in [0.1, 0.15) is 11.5 Å². The molecule has 1 aliphatic rings. The van der Waals surface area contributed by atoms with Gasteiger partial charge in [-0.2, -0.15) is 0 Å². The van der Waals surface area contributed by atoms with Crippen molar-refractivity contribution in [3.63, 3.8) is 0 Å². The molecule has 0 aliphatic carbocycles. The second kappa shape index (κ2) is 7.25. The molecule has 0 amide bonds. The Balaban J connectivity index is 1.88. The molecule has 0 unspecified atom stereocenters. The van der Waals surface area contributed by atoms with Crippen molar-refractivity contribution in [2.45, 2.75) is 45.8 Å². The Hall–Kier alpha value is -0.840. The van der Waals surface area contributed by atoms with Crippen LogP contribution in [0.25, 0.3) is 0 Å². The standard InChI is InChI=1S/C16H29N3O/c1-5-19-8-6-15(7-9-19)18(4)12-16-10-14(11-17-3)13(2)20-16/h10,15,17H,5-9,11-12H2,1-4H3. The third-order valence-corrected chi connectivity index (χ3v) is 4.47. The van der Waals surface area contributed by atoms with Crippen molar-refractivity contribution < 1.29 is 4.42 Å². The Bertz CT molecular complexity index is 408. The van der Waals surface area contributed by atoms with E-state index in [1.807, 2.05) is 7.05 Å². The van der Waals surface area contributed by atoms with Crippen molar-refractivity contribution in [3.8, 4) is 0 Å². The van der Waals surface area contributed by atoms with Crippen LogP contribution in [0.1, 0.15) is 36.8 Å². The van der Waals surface area contributed by atoms with Gasteiger partial charge in [-0.05, 0) is 59.6 Å². The predicted molar refractivity (Wildman–Crippen MR) is 82.8 cm³/mol. The maximum Gasteiger partial charge on any atom is 0.118 e. The summed E-state index contributed by atoms with van der Waals surface area (Å²) < 4.78 is 5.88. The molecule has 4 nitrogen and oxygen atoms in total. The van der Waals surface area contributed by atoms with Gasteiger partial charge in [0.2, 0.25) is 0 Å². The first-order valence-corrected chi connectivity index (χ1v) is 7.79. The highest BCUT2D eigenvalue weighted by molar-refractivity contribution is 5.20. The normalized spacial score (nSPS) is 18.1. The van der Waals surface area contributed by atoms with Gasteiger partial charge in [0.15, 0.2) is 0 Å². The number of nitrogens with one attached hydrogen (secondary N) is 1. The number of rotatable bonds is 6. The Morgan fingerprint density at radius 2 is 2.10 bits per heavy atom. The van der Waals surface area contributed by atoms with Gasteiger partial charge in [-0.3, -0.25) is 4.90 Å². The minimum Gasteiger partial charge on any atom is -0.465 e. The van der Waals surface area contributed by atoms with Crippen molar-refractivity contribution >= 4 is 0 Å². The summed E-state index contributed by atoms with van der Waals surface area (Å²) in [6.45, 7) is 9.74. The van der Waals surface area contributed by atoms with Crippen LogP contribution in [0.4, 0.5) is 0 Å². The lowest BCUT2D eigenvalue weighted by molar-refractivity contribution is 0.121. The molecule has 1 fully saturated rings. The second-order valence-electron chi connectivity index (χ2n) is 5.91. The van der Waals surface area contributed by atoms with E-state index in [1.54, 1.807) is 0 Å². The highest BCUT2D eigenvalue weighted by atomic mass is 16.3. The summed E-state index contributed by atoms with van der Waals surface area (Å²) in [5.41, 5.74) is 1.27. The van der Waals surface area contributed by atoms with Crippen LogP contribution in [0.15, 0.2) is 10.5 Å². The van der Waals surface area contributed by atoms with Gasteiger partial charge in [0.05, 0.1) is 6.54 Å². The molecule has 0 radical (unpaired) electrons. The Kier molecular flexibility index (Phi) is 5.64. The summed E-state index contributed by atoms with van der Waals surface area (Å²) in [5, 5.41) is 3.19. The number of hydrogen-bond acceptors (Lipinski definition) is 4. The molecule has 1 aliphatic heterocycles. The van der Waals surface area contributed by atoms with E-state index in [-0.39, 0.29) is 0 Å². The third-order valence-electron chi connectivity index (χ3n) is 4.47. The molecule has 114 valence electrons. The molecule has 0 saturated carbocycles. The molecule has 20 heavy (non-hydrogen) atoms. The van der Waals surface area contributed by atoms with Crippen LogP contribution in [0.3, 0.4) is 0 Å². The minimum atomic E-state index is 0.691. The quantitative estimate of drug-likeness (QED) is 0.865. The van der Waals surface area contributed by atoms with Crippen LogP contribution in [0.5, 0.6) is 0 Å². The SMILES string of the molecule is CCN1CCC(N(C)Cc2cc(CNC)c(C)o2)CC1. The summed E-state index contributed by atoms with van der Waals surface area (Å²) in [6, 6.07) is 2.89. The summed E-state index contributed by atoms with van der Waals surface area (Å²) in [5.74, 6) is 2.14. The van der Waals surface area contributed by atoms with Gasteiger partial charge >= 0.3 is 0 Å². The Morgan fingerprint density at radius 3 is 2.70 bits per heavy atom. The Morgan fingerprint density at radius 1 is 1.40 bits per heavy atom. The lowest BCUT2D eigenvalue weighted by Gasteiger charge is -2.35. The monoisotopic (exact) mass is 279 g/mol. The fraction of sp³-hybridized carbons (Fsp3) is 0.750. The molecule has 0 bridgehead atoms. The first-order valence-electron chi connectivity index (χ1n) is 7.79. The molecule has 1 aromatic heterocycles. The summed E-state index contributed by atoms with van der Waals surface area (Å²) in [4.78, 5) is 4.99. The number of nitrogens with zero attached hydrogens (tertiary/aromatic N) is 2. The molecule has 1 saturated heterocycles. The zero-order chi connectivity index (χ0) is 14.5. The third kappa shape index (κ3) is 3.84. The van der Waals surface area contributed by atoms with Crippen molar-refractivity contribution in [2.24, 2.45) is 0 Å². The van der Waals surface area contributed by atoms with Gasteiger partial charge in [-0.25, -0.2) is 0 Å². The first-order chi connectivity index (χ1) is 9.63. The molecule has 2 heterocycles. The molecule has 4 heteroatoms. The zero-order valence-electron chi connectivity index (χ0n) is 13.4. The number of furan rings is 1. The van der Waals surface area contributed by atoms with E-state index in [2.05, 4.69) is 42.1 Å². The van der Waals surface area contributed by atoms with Gasteiger partial charge in [-0.1, -0.05) is 6.92 Å². The topological polar surface area (TPSA) is 31.6 Å². The lowest BCUT2D eigenvalue weighted by Crippen LogP contribution is -2.42. The van der Waals surface area contributed by atoms with Crippen LogP contribution >= 0.6 is 0 Å². The van der Waals surface area contributed by atoms with Crippen LogP contribution in [-0.2, 0) is 13.1 Å². The van der Waals surface area contributed by atoms with Crippen LogP contribution in [-0.4, -0.2) is 49.6 Å². The molecule has 0 aromatic carbocycles. The minimum absolute atomic E-state index is 0.691. The fourth-order valence-corrected chi connectivity index (χ4v) is 3.08. The highest BCUT2D eigenvalue weighted by Gasteiger charge is 2.22.